The number of aromatic nitrogens is 4. The standard InChI is InChI=1S/C28H31N7O3/c1-3-23(36)34-14-6-7-20(16-34)35-27-24(26(29)31-17-32-27)25(33-35)19-12-10-18(11-13-19)15-30-28(37)21-8-4-5-9-22(21)38-2/h4-5,8-13,17,20H,3,6-7,14-16H2,1-2H3,(H,30,37)(H2,29,31,32)/t20-/m1/s1. The van der Waals surface area contributed by atoms with Gasteiger partial charge in [0.2, 0.25) is 5.91 Å². The fraction of sp³-hybridized carbons (Fsp3) is 0.321. The van der Waals surface area contributed by atoms with Crippen LogP contribution in [0.3, 0.4) is 0 Å². The first-order valence-electron chi connectivity index (χ1n) is 12.8. The third-order valence-corrected chi connectivity index (χ3v) is 6.95. The number of para-hydroxylation sites is 1. The molecule has 10 heteroatoms. The first kappa shape index (κ1) is 25.2. The first-order valence-corrected chi connectivity index (χ1v) is 12.8. The molecule has 0 saturated carbocycles. The maximum atomic E-state index is 12.7. The third kappa shape index (κ3) is 4.89. The Labute approximate surface area is 220 Å². The van der Waals surface area contributed by atoms with E-state index in [4.69, 9.17) is 15.6 Å². The van der Waals surface area contributed by atoms with Gasteiger partial charge in [-0.1, -0.05) is 43.3 Å². The van der Waals surface area contributed by atoms with Gasteiger partial charge in [0.1, 0.15) is 23.6 Å². The molecule has 1 fully saturated rings. The Morgan fingerprint density at radius 2 is 1.92 bits per heavy atom. The molecular weight excluding hydrogens is 482 g/mol. The summed E-state index contributed by atoms with van der Waals surface area (Å²) >= 11 is 0. The number of hydrogen-bond donors (Lipinski definition) is 2. The molecule has 0 unspecified atom stereocenters. The molecule has 0 aliphatic carbocycles. The van der Waals surface area contributed by atoms with Crippen molar-refractivity contribution in [2.75, 3.05) is 25.9 Å². The second-order valence-corrected chi connectivity index (χ2v) is 9.32. The molecule has 1 atom stereocenters. The molecule has 0 radical (unpaired) electrons. The van der Waals surface area contributed by atoms with Crippen LogP contribution in [0.25, 0.3) is 22.3 Å². The van der Waals surface area contributed by atoms with Crippen LogP contribution in [0.2, 0.25) is 0 Å². The van der Waals surface area contributed by atoms with Crippen LogP contribution in [0.4, 0.5) is 5.82 Å². The number of carbonyl (C=O) groups excluding carboxylic acids is 2. The van der Waals surface area contributed by atoms with Crippen LogP contribution in [0, 0.1) is 0 Å². The number of benzene rings is 2. The Kier molecular flexibility index (Phi) is 7.21. The normalized spacial score (nSPS) is 15.4. The quantitative estimate of drug-likeness (QED) is 0.386. The molecular formula is C28H31N7O3. The van der Waals surface area contributed by atoms with Crippen LogP contribution in [0.15, 0.2) is 54.9 Å². The smallest absolute Gasteiger partial charge is 0.255 e. The Morgan fingerprint density at radius 1 is 1.13 bits per heavy atom. The van der Waals surface area contributed by atoms with Crippen molar-refractivity contribution >= 4 is 28.7 Å². The van der Waals surface area contributed by atoms with Crippen molar-refractivity contribution in [1.29, 1.82) is 0 Å². The Hall–Kier alpha value is -4.47. The maximum Gasteiger partial charge on any atom is 0.255 e. The first-order chi connectivity index (χ1) is 18.5. The number of carbonyl (C=O) groups is 2. The maximum absolute atomic E-state index is 12.7. The minimum atomic E-state index is -0.204. The SMILES string of the molecule is CCC(=O)N1CCC[C@@H](n2nc(-c3ccc(CNC(=O)c4ccccc4OC)cc3)c3c(N)ncnc32)C1. The summed E-state index contributed by atoms with van der Waals surface area (Å²) in [5.74, 6) is 0.836. The Morgan fingerprint density at radius 3 is 2.68 bits per heavy atom. The molecule has 10 nitrogen and oxygen atoms in total. The third-order valence-electron chi connectivity index (χ3n) is 6.95. The number of likely N-dealkylation sites (tertiary alicyclic amines) is 1. The van der Waals surface area contributed by atoms with Gasteiger partial charge in [0.15, 0.2) is 5.65 Å². The molecule has 2 aromatic heterocycles. The summed E-state index contributed by atoms with van der Waals surface area (Å²) in [6.45, 7) is 3.61. The lowest BCUT2D eigenvalue weighted by atomic mass is 10.1. The fourth-order valence-corrected chi connectivity index (χ4v) is 4.95. The zero-order valence-electron chi connectivity index (χ0n) is 21.6. The molecule has 2 amide bonds. The number of nitrogens with one attached hydrogen (secondary N) is 1. The Balaban J connectivity index is 1.38. The average molecular weight is 514 g/mol. The highest BCUT2D eigenvalue weighted by atomic mass is 16.5. The number of rotatable bonds is 7. The van der Waals surface area contributed by atoms with Crippen molar-refractivity contribution in [3.8, 4) is 17.0 Å². The van der Waals surface area contributed by atoms with Crippen molar-refractivity contribution in [2.45, 2.75) is 38.8 Å². The number of hydrogen-bond acceptors (Lipinski definition) is 7. The van der Waals surface area contributed by atoms with E-state index in [9.17, 15) is 9.59 Å². The second kappa shape index (κ2) is 10.9. The topological polar surface area (TPSA) is 128 Å². The number of nitrogens with two attached hydrogens (primary N) is 1. The molecule has 196 valence electrons. The van der Waals surface area contributed by atoms with Crippen molar-refractivity contribution in [3.05, 3.63) is 66.0 Å². The summed E-state index contributed by atoms with van der Waals surface area (Å²) in [5, 5.41) is 8.58. The number of nitrogens with zero attached hydrogens (tertiary/aromatic N) is 5. The lowest BCUT2D eigenvalue weighted by Crippen LogP contribution is -2.40. The molecule has 3 N–H and O–H groups in total. The number of methoxy groups -OCH3 is 1. The van der Waals surface area contributed by atoms with E-state index in [1.807, 2.05) is 46.8 Å². The van der Waals surface area contributed by atoms with E-state index in [0.29, 0.717) is 53.4 Å². The predicted octanol–water partition coefficient (Wildman–Crippen LogP) is 3.59. The van der Waals surface area contributed by atoms with Crippen LogP contribution in [0.1, 0.15) is 48.1 Å². The summed E-state index contributed by atoms with van der Waals surface area (Å²) in [7, 11) is 1.54. The Bertz CT molecular complexity index is 1470. The zero-order valence-corrected chi connectivity index (χ0v) is 21.6. The highest BCUT2D eigenvalue weighted by Gasteiger charge is 2.28. The number of ether oxygens (including phenoxy) is 1. The van der Waals surface area contributed by atoms with Crippen LogP contribution in [0.5, 0.6) is 5.75 Å². The molecule has 1 aliphatic rings. The van der Waals surface area contributed by atoms with E-state index in [1.54, 1.807) is 25.3 Å². The van der Waals surface area contributed by atoms with Crippen molar-refractivity contribution in [3.63, 3.8) is 0 Å². The lowest BCUT2D eigenvalue weighted by Gasteiger charge is -2.32. The van der Waals surface area contributed by atoms with E-state index in [2.05, 4.69) is 15.3 Å². The number of piperidine rings is 1. The van der Waals surface area contributed by atoms with Gasteiger partial charge in [0, 0.05) is 31.6 Å². The predicted molar refractivity (Wildman–Crippen MR) is 144 cm³/mol. The van der Waals surface area contributed by atoms with Gasteiger partial charge >= 0.3 is 0 Å². The summed E-state index contributed by atoms with van der Waals surface area (Å²) in [6.07, 6.45) is 3.74. The summed E-state index contributed by atoms with van der Waals surface area (Å²) in [6, 6.07) is 14.9. The van der Waals surface area contributed by atoms with Crippen molar-refractivity contribution in [2.24, 2.45) is 0 Å². The largest absolute Gasteiger partial charge is 0.496 e. The summed E-state index contributed by atoms with van der Waals surface area (Å²) < 4.78 is 7.19. The second-order valence-electron chi connectivity index (χ2n) is 9.32. The number of nitrogen functional groups attached to an aromatic ring is 1. The summed E-state index contributed by atoms with van der Waals surface area (Å²) in [5.41, 5.74) is 9.95. The van der Waals surface area contributed by atoms with Crippen LogP contribution < -0.4 is 15.8 Å². The van der Waals surface area contributed by atoms with Crippen LogP contribution in [-0.2, 0) is 11.3 Å². The number of fused-ring (bicyclic) bond motifs is 1. The number of amides is 2. The highest BCUT2D eigenvalue weighted by Crippen LogP contribution is 2.34. The van der Waals surface area contributed by atoms with Gasteiger partial charge in [0.25, 0.3) is 5.91 Å². The molecule has 38 heavy (non-hydrogen) atoms. The van der Waals surface area contributed by atoms with Gasteiger partial charge in [-0.3, -0.25) is 9.59 Å². The highest BCUT2D eigenvalue weighted by molar-refractivity contribution is 5.98. The van der Waals surface area contributed by atoms with Gasteiger partial charge in [-0.2, -0.15) is 5.10 Å². The molecule has 2 aromatic carbocycles. The van der Waals surface area contributed by atoms with E-state index < -0.39 is 0 Å². The average Bonchev–Trinajstić information content (AvgIpc) is 3.37. The van der Waals surface area contributed by atoms with E-state index >= 15 is 0 Å². The van der Waals surface area contributed by atoms with Gasteiger partial charge < -0.3 is 20.7 Å². The molecule has 1 saturated heterocycles. The molecule has 1 aliphatic heterocycles. The minimum Gasteiger partial charge on any atom is -0.496 e. The molecule has 0 bridgehead atoms. The number of anilines is 1. The molecule has 3 heterocycles. The van der Waals surface area contributed by atoms with Crippen LogP contribution in [-0.4, -0.2) is 56.7 Å². The van der Waals surface area contributed by atoms with Gasteiger partial charge in [-0.05, 0) is 30.5 Å². The van der Waals surface area contributed by atoms with Crippen LogP contribution >= 0.6 is 0 Å². The van der Waals surface area contributed by atoms with E-state index in [0.717, 1.165) is 30.5 Å². The van der Waals surface area contributed by atoms with E-state index in [1.165, 1.54) is 6.33 Å². The van der Waals surface area contributed by atoms with E-state index in [-0.39, 0.29) is 17.9 Å². The lowest BCUT2D eigenvalue weighted by molar-refractivity contribution is -0.132. The minimum absolute atomic E-state index is 0.00858. The zero-order chi connectivity index (χ0) is 26.6. The van der Waals surface area contributed by atoms with Gasteiger partial charge in [-0.25, -0.2) is 14.6 Å². The fourth-order valence-electron chi connectivity index (χ4n) is 4.95. The molecule has 5 rings (SSSR count). The monoisotopic (exact) mass is 513 g/mol. The van der Waals surface area contributed by atoms with Gasteiger partial charge in [-0.15, -0.1) is 0 Å². The van der Waals surface area contributed by atoms with Crippen molar-refractivity contribution in [1.82, 2.24) is 30.0 Å². The molecule has 4 aromatic rings. The van der Waals surface area contributed by atoms with Crippen molar-refractivity contribution < 1.29 is 14.3 Å². The summed E-state index contributed by atoms with van der Waals surface area (Å²) in [4.78, 5) is 35.6. The molecule has 0 spiro atoms. The van der Waals surface area contributed by atoms with Gasteiger partial charge in [0.05, 0.1) is 24.1 Å².